The highest BCUT2D eigenvalue weighted by molar-refractivity contribution is 5.56. The SMILES string of the molecule is Oc1ccc(NCc2ccccc2N2CCCC2)cc1F. The molecule has 2 N–H and O–H groups in total. The van der Waals surface area contributed by atoms with Gasteiger partial charge in [0.1, 0.15) is 0 Å². The number of aromatic hydroxyl groups is 1. The van der Waals surface area contributed by atoms with Gasteiger partial charge in [-0.25, -0.2) is 4.39 Å². The molecule has 0 aromatic heterocycles. The van der Waals surface area contributed by atoms with E-state index in [2.05, 4.69) is 28.4 Å². The third-order valence-electron chi connectivity index (χ3n) is 3.87. The number of nitrogens with zero attached hydrogens (tertiary/aromatic N) is 1. The van der Waals surface area contributed by atoms with Crippen molar-refractivity contribution in [2.24, 2.45) is 0 Å². The molecule has 2 aromatic rings. The van der Waals surface area contributed by atoms with E-state index >= 15 is 0 Å². The van der Waals surface area contributed by atoms with E-state index in [1.54, 1.807) is 6.07 Å². The monoisotopic (exact) mass is 286 g/mol. The lowest BCUT2D eigenvalue weighted by Crippen LogP contribution is -2.19. The van der Waals surface area contributed by atoms with Crippen LogP contribution in [0.3, 0.4) is 0 Å². The van der Waals surface area contributed by atoms with Crippen molar-refractivity contribution in [1.29, 1.82) is 0 Å². The summed E-state index contributed by atoms with van der Waals surface area (Å²) in [6.45, 7) is 2.84. The van der Waals surface area contributed by atoms with Crippen LogP contribution in [0.5, 0.6) is 5.75 Å². The average molecular weight is 286 g/mol. The van der Waals surface area contributed by atoms with Gasteiger partial charge < -0.3 is 15.3 Å². The Labute approximate surface area is 124 Å². The number of hydrogen-bond donors (Lipinski definition) is 2. The lowest BCUT2D eigenvalue weighted by molar-refractivity contribution is 0.432. The minimum Gasteiger partial charge on any atom is -0.505 e. The van der Waals surface area contributed by atoms with Crippen molar-refractivity contribution in [3.63, 3.8) is 0 Å². The van der Waals surface area contributed by atoms with E-state index in [1.807, 2.05) is 6.07 Å². The normalized spacial score (nSPS) is 14.4. The Bertz CT molecular complexity index is 624. The summed E-state index contributed by atoms with van der Waals surface area (Å²) < 4.78 is 13.3. The van der Waals surface area contributed by atoms with E-state index in [9.17, 15) is 9.50 Å². The van der Waals surface area contributed by atoms with E-state index < -0.39 is 5.82 Å². The molecule has 1 aliphatic heterocycles. The number of hydrogen-bond acceptors (Lipinski definition) is 3. The van der Waals surface area contributed by atoms with Gasteiger partial charge in [-0.05, 0) is 36.6 Å². The summed E-state index contributed by atoms with van der Waals surface area (Å²) in [6.07, 6.45) is 2.48. The molecule has 0 amide bonds. The van der Waals surface area contributed by atoms with Gasteiger partial charge in [-0.15, -0.1) is 0 Å². The fourth-order valence-electron chi connectivity index (χ4n) is 2.74. The smallest absolute Gasteiger partial charge is 0.166 e. The van der Waals surface area contributed by atoms with Crippen molar-refractivity contribution in [1.82, 2.24) is 0 Å². The largest absolute Gasteiger partial charge is 0.505 e. The number of para-hydroxylation sites is 1. The summed E-state index contributed by atoms with van der Waals surface area (Å²) in [4.78, 5) is 2.40. The fourth-order valence-corrected chi connectivity index (χ4v) is 2.74. The van der Waals surface area contributed by atoms with Gasteiger partial charge in [-0.3, -0.25) is 0 Å². The van der Waals surface area contributed by atoms with Crippen molar-refractivity contribution in [2.45, 2.75) is 19.4 Å². The van der Waals surface area contributed by atoms with E-state index in [-0.39, 0.29) is 5.75 Å². The molecule has 1 heterocycles. The molecule has 3 nitrogen and oxygen atoms in total. The maximum Gasteiger partial charge on any atom is 0.166 e. The summed E-state index contributed by atoms with van der Waals surface area (Å²) in [5.41, 5.74) is 3.12. The first-order chi connectivity index (χ1) is 10.2. The summed E-state index contributed by atoms with van der Waals surface area (Å²) in [5, 5.41) is 12.4. The van der Waals surface area contributed by atoms with E-state index in [0.717, 1.165) is 13.1 Å². The summed E-state index contributed by atoms with van der Waals surface area (Å²) in [7, 11) is 0. The zero-order valence-electron chi connectivity index (χ0n) is 11.8. The molecule has 0 aliphatic carbocycles. The second kappa shape index (κ2) is 6.04. The van der Waals surface area contributed by atoms with Crippen LogP contribution in [-0.4, -0.2) is 18.2 Å². The van der Waals surface area contributed by atoms with Gasteiger partial charge >= 0.3 is 0 Å². The second-order valence-electron chi connectivity index (χ2n) is 5.34. The molecule has 1 saturated heterocycles. The molecular formula is C17H19FN2O. The molecule has 0 saturated carbocycles. The van der Waals surface area contributed by atoms with Gasteiger partial charge in [0.25, 0.3) is 0 Å². The average Bonchev–Trinajstić information content (AvgIpc) is 3.03. The molecular weight excluding hydrogens is 267 g/mol. The standard InChI is InChI=1S/C17H19FN2O/c18-15-11-14(7-8-17(15)21)19-12-13-5-1-2-6-16(13)20-9-3-4-10-20/h1-2,5-8,11,19,21H,3-4,9-10,12H2. The Hall–Kier alpha value is -2.23. The summed E-state index contributed by atoms with van der Waals surface area (Å²) >= 11 is 0. The van der Waals surface area contributed by atoms with Gasteiger partial charge in [0.05, 0.1) is 0 Å². The third-order valence-corrected chi connectivity index (χ3v) is 3.87. The highest BCUT2D eigenvalue weighted by atomic mass is 19.1. The predicted molar refractivity (Wildman–Crippen MR) is 83.3 cm³/mol. The zero-order valence-corrected chi connectivity index (χ0v) is 11.8. The van der Waals surface area contributed by atoms with Gasteiger partial charge in [-0.1, -0.05) is 18.2 Å². The van der Waals surface area contributed by atoms with Crippen LogP contribution in [0, 0.1) is 5.82 Å². The number of phenols is 1. The first-order valence-corrected chi connectivity index (χ1v) is 7.29. The number of phenolic OH excluding ortho intramolecular Hbond substituents is 1. The van der Waals surface area contributed by atoms with Crippen molar-refractivity contribution < 1.29 is 9.50 Å². The van der Waals surface area contributed by atoms with Gasteiger partial charge in [-0.2, -0.15) is 0 Å². The van der Waals surface area contributed by atoms with Crippen molar-refractivity contribution >= 4 is 11.4 Å². The molecule has 110 valence electrons. The maximum atomic E-state index is 13.3. The van der Waals surface area contributed by atoms with Crippen LogP contribution in [0.25, 0.3) is 0 Å². The molecule has 0 spiro atoms. The minimum absolute atomic E-state index is 0.321. The summed E-state index contributed by atoms with van der Waals surface area (Å²) in [6, 6.07) is 12.7. The highest BCUT2D eigenvalue weighted by Gasteiger charge is 2.15. The Balaban J connectivity index is 1.74. The Kier molecular flexibility index (Phi) is 3.95. The third kappa shape index (κ3) is 3.10. The van der Waals surface area contributed by atoms with Crippen LogP contribution < -0.4 is 10.2 Å². The zero-order chi connectivity index (χ0) is 14.7. The molecule has 2 aromatic carbocycles. The lowest BCUT2D eigenvalue weighted by atomic mass is 10.1. The number of anilines is 2. The van der Waals surface area contributed by atoms with Crippen molar-refractivity contribution in [3.05, 3.63) is 53.8 Å². The van der Waals surface area contributed by atoms with Crippen molar-refractivity contribution in [3.8, 4) is 5.75 Å². The van der Waals surface area contributed by atoms with E-state index in [1.165, 1.54) is 36.2 Å². The summed E-state index contributed by atoms with van der Waals surface area (Å²) in [5.74, 6) is -0.925. The lowest BCUT2D eigenvalue weighted by Gasteiger charge is -2.21. The first-order valence-electron chi connectivity index (χ1n) is 7.29. The Morgan fingerprint density at radius 3 is 2.62 bits per heavy atom. The second-order valence-corrected chi connectivity index (χ2v) is 5.34. The maximum absolute atomic E-state index is 13.3. The number of halogens is 1. The number of benzene rings is 2. The van der Waals surface area contributed by atoms with Crippen LogP contribution in [0.4, 0.5) is 15.8 Å². The van der Waals surface area contributed by atoms with Crippen LogP contribution in [0.15, 0.2) is 42.5 Å². The van der Waals surface area contributed by atoms with E-state index in [4.69, 9.17) is 0 Å². The Morgan fingerprint density at radius 1 is 1.10 bits per heavy atom. The van der Waals surface area contributed by atoms with Gasteiger partial charge in [0.2, 0.25) is 0 Å². The van der Waals surface area contributed by atoms with Crippen LogP contribution in [0.2, 0.25) is 0 Å². The molecule has 1 fully saturated rings. The first kappa shape index (κ1) is 13.7. The molecule has 3 rings (SSSR count). The molecule has 0 atom stereocenters. The molecule has 4 heteroatoms. The topological polar surface area (TPSA) is 35.5 Å². The fraction of sp³-hybridized carbons (Fsp3) is 0.294. The molecule has 0 bridgehead atoms. The van der Waals surface area contributed by atoms with Crippen molar-refractivity contribution in [2.75, 3.05) is 23.3 Å². The van der Waals surface area contributed by atoms with Crippen LogP contribution in [0.1, 0.15) is 18.4 Å². The van der Waals surface area contributed by atoms with Gasteiger partial charge in [0.15, 0.2) is 11.6 Å². The Morgan fingerprint density at radius 2 is 1.86 bits per heavy atom. The number of nitrogens with one attached hydrogen (secondary N) is 1. The molecule has 0 unspecified atom stereocenters. The molecule has 0 radical (unpaired) electrons. The van der Waals surface area contributed by atoms with Crippen LogP contribution >= 0.6 is 0 Å². The predicted octanol–water partition coefficient (Wildman–Crippen LogP) is 3.74. The quantitative estimate of drug-likeness (QED) is 0.840. The molecule has 21 heavy (non-hydrogen) atoms. The minimum atomic E-state index is -0.604. The van der Waals surface area contributed by atoms with Crippen LogP contribution in [-0.2, 0) is 6.54 Å². The van der Waals surface area contributed by atoms with E-state index in [0.29, 0.717) is 12.2 Å². The highest BCUT2D eigenvalue weighted by Crippen LogP contribution is 2.26. The molecule has 1 aliphatic rings. The van der Waals surface area contributed by atoms with Gasteiger partial charge in [0, 0.05) is 37.1 Å². The number of rotatable bonds is 4.